The molecule has 6 nitrogen and oxygen atoms in total. The molecule has 72 heavy (non-hydrogen) atoms. The Balaban J connectivity index is 4.53. The summed E-state index contributed by atoms with van der Waals surface area (Å²) < 4.78 is 16.8. The van der Waals surface area contributed by atoms with Crippen molar-refractivity contribution >= 4 is 17.9 Å². The standard InChI is InChI=1S/C66H106O6/c1-4-7-10-13-16-19-22-25-28-31-33-36-38-41-44-47-50-53-56-59-65(68)71-62-63(61-70-64(67)58-55-52-49-46-43-40-37-34-30-27-24-21-18-15-12-9-6-3)72-66(69)60-57-54-51-48-45-42-39-35-32-29-26-23-20-17-14-11-8-5-2/h7,9-10,12,16,18-21,23,25,27-30,32-33,36-37,40-41,44,63H,4-6,8,11,13-15,17,22,24,26,31,34-35,38-39,42-43,45-62H2,1-3H3/b10-7-,12-9-,19-16-,21-18-,23-20-,28-25-,30-27-,32-29-,36-33-,40-37-,44-41-. The molecule has 406 valence electrons. The van der Waals surface area contributed by atoms with Gasteiger partial charge < -0.3 is 14.2 Å². The Labute approximate surface area is 443 Å². The third-order valence-corrected chi connectivity index (χ3v) is 11.9. The quantitative estimate of drug-likeness (QED) is 0.0261. The second-order valence-corrected chi connectivity index (χ2v) is 18.8. The summed E-state index contributed by atoms with van der Waals surface area (Å²) in [5.41, 5.74) is 0. The van der Waals surface area contributed by atoms with Crippen molar-refractivity contribution in [2.75, 3.05) is 13.2 Å². The molecule has 0 radical (unpaired) electrons. The molecule has 0 bridgehead atoms. The zero-order valence-corrected chi connectivity index (χ0v) is 46.4. The molecular weight excluding hydrogens is 889 g/mol. The maximum absolute atomic E-state index is 12.9. The molecule has 0 aromatic rings. The molecule has 0 aliphatic heterocycles. The van der Waals surface area contributed by atoms with Gasteiger partial charge in [-0.25, -0.2) is 0 Å². The van der Waals surface area contributed by atoms with E-state index in [0.29, 0.717) is 19.3 Å². The van der Waals surface area contributed by atoms with Crippen molar-refractivity contribution in [1.29, 1.82) is 0 Å². The zero-order valence-electron chi connectivity index (χ0n) is 46.4. The maximum atomic E-state index is 12.9. The third-order valence-electron chi connectivity index (χ3n) is 11.9. The molecule has 0 saturated heterocycles. The number of hydrogen-bond donors (Lipinski definition) is 0. The lowest BCUT2D eigenvalue weighted by molar-refractivity contribution is -0.167. The Morgan fingerprint density at radius 3 is 0.861 bits per heavy atom. The van der Waals surface area contributed by atoms with Gasteiger partial charge in [0.25, 0.3) is 0 Å². The van der Waals surface area contributed by atoms with Crippen LogP contribution in [0.4, 0.5) is 0 Å². The van der Waals surface area contributed by atoms with Crippen LogP contribution in [0.15, 0.2) is 134 Å². The van der Waals surface area contributed by atoms with E-state index in [-0.39, 0.29) is 31.1 Å². The SMILES string of the molecule is CC/C=C\C/C=C\C/C=C\C/C=C\C/C=C\CCCCCC(=O)OCC(COC(=O)CCCCCC/C=C\C/C=C\C/C=C\C/C=C\CC)OC(=O)CCCCCCCCC/C=C\C/C=C\CCCCCC. The summed E-state index contributed by atoms with van der Waals surface area (Å²) >= 11 is 0. The molecule has 0 aromatic carbocycles. The summed E-state index contributed by atoms with van der Waals surface area (Å²) in [6.07, 6.45) is 82.9. The van der Waals surface area contributed by atoms with Crippen molar-refractivity contribution < 1.29 is 28.6 Å². The fourth-order valence-corrected chi connectivity index (χ4v) is 7.55. The van der Waals surface area contributed by atoms with Crippen molar-refractivity contribution in [3.05, 3.63) is 134 Å². The highest BCUT2D eigenvalue weighted by Gasteiger charge is 2.19. The van der Waals surface area contributed by atoms with Crippen molar-refractivity contribution in [3.63, 3.8) is 0 Å². The topological polar surface area (TPSA) is 78.9 Å². The first kappa shape index (κ1) is 67.5. The molecule has 6 heteroatoms. The van der Waals surface area contributed by atoms with Gasteiger partial charge in [-0.3, -0.25) is 14.4 Å². The molecule has 0 rings (SSSR count). The smallest absolute Gasteiger partial charge is 0.306 e. The Hall–Kier alpha value is -4.45. The normalized spacial score (nSPS) is 13.1. The zero-order chi connectivity index (χ0) is 52.2. The van der Waals surface area contributed by atoms with E-state index in [4.69, 9.17) is 14.2 Å². The fourth-order valence-electron chi connectivity index (χ4n) is 7.55. The number of carbonyl (C=O) groups excluding carboxylic acids is 3. The number of rotatable bonds is 51. The molecule has 0 spiro atoms. The van der Waals surface area contributed by atoms with E-state index < -0.39 is 6.10 Å². The van der Waals surface area contributed by atoms with E-state index in [1.807, 2.05) is 0 Å². The van der Waals surface area contributed by atoms with Gasteiger partial charge in [-0.15, -0.1) is 0 Å². The first-order valence-electron chi connectivity index (χ1n) is 29.2. The van der Waals surface area contributed by atoms with Gasteiger partial charge in [0.15, 0.2) is 6.10 Å². The van der Waals surface area contributed by atoms with Crippen LogP contribution in [0, 0.1) is 0 Å². The lowest BCUT2D eigenvalue weighted by atomic mass is 10.1. The van der Waals surface area contributed by atoms with Crippen molar-refractivity contribution in [3.8, 4) is 0 Å². The Kier molecular flexibility index (Phi) is 55.5. The molecule has 0 fully saturated rings. The van der Waals surface area contributed by atoms with E-state index in [2.05, 4.69) is 154 Å². The number of hydrogen-bond acceptors (Lipinski definition) is 6. The number of carbonyl (C=O) groups is 3. The summed E-state index contributed by atoms with van der Waals surface area (Å²) in [5, 5.41) is 0. The molecular formula is C66H106O6. The lowest BCUT2D eigenvalue weighted by Crippen LogP contribution is -2.30. The molecule has 0 aliphatic carbocycles. The lowest BCUT2D eigenvalue weighted by Gasteiger charge is -2.18. The minimum Gasteiger partial charge on any atom is -0.462 e. The van der Waals surface area contributed by atoms with Gasteiger partial charge in [-0.2, -0.15) is 0 Å². The first-order valence-corrected chi connectivity index (χ1v) is 29.2. The number of unbranched alkanes of at least 4 members (excludes halogenated alkanes) is 18. The second-order valence-electron chi connectivity index (χ2n) is 18.8. The van der Waals surface area contributed by atoms with Crippen LogP contribution in [0.5, 0.6) is 0 Å². The third kappa shape index (κ3) is 56.5. The highest BCUT2D eigenvalue weighted by molar-refractivity contribution is 5.71. The summed E-state index contributed by atoms with van der Waals surface area (Å²) in [6, 6.07) is 0. The van der Waals surface area contributed by atoms with Gasteiger partial charge in [-0.1, -0.05) is 225 Å². The van der Waals surface area contributed by atoms with Crippen LogP contribution in [-0.2, 0) is 28.6 Å². The Morgan fingerprint density at radius 1 is 0.292 bits per heavy atom. The second kappa shape index (κ2) is 59.1. The molecule has 1 atom stereocenters. The first-order chi connectivity index (χ1) is 35.5. The minimum atomic E-state index is -0.813. The largest absolute Gasteiger partial charge is 0.462 e. The Bertz CT molecular complexity index is 1560. The molecule has 0 N–H and O–H groups in total. The van der Waals surface area contributed by atoms with Crippen LogP contribution in [0.3, 0.4) is 0 Å². The predicted molar refractivity (Wildman–Crippen MR) is 311 cm³/mol. The van der Waals surface area contributed by atoms with Gasteiger partial charge in [0.2, 0.25) is 0 Å². The van der Waals surface area contributed by atoms with E-state index >= 15 is 0 Å². The van der Waals surface area contributed by atoms with Crippen molar-refractivity contribution in [2.45, 2.75) is 252 Å². The highest BCUT2D eigenvalue weighted by Crippen LogP contribution is 2.13. The molecule has 0 amide bonds. The van der Waals surface area contributed by atoms with Crippen LogP contribution < -0.4 is 0 Å². The van der Waals surface area contributed by atoms with E-state index in [9.17, 15) is 14.4 Å². The highest BCUT2D eigenvalue weighted by atomic mass is 16.6. The van der Waals surface area contributed by atoms with Gasteiger partial charge in [-0.05, 0) is 135 Å². The molecule has 0 aliphatic rings. The monoisotopic (exact) mass is 995 g/mol. The van der Waals surface area contributed by atoms with E-state index in [1.54, 1.807) is 0 Å². The summed E-state index contributed by atoms with van der Waals surface area (Å²) in [4.78, 5) is 38.2. The average Bonchev–Trinajstić information content (AvgIpc) is 3.38. The minimum absolute atomic E-state index is 0.109. The van der Waals surface area contributed by atoms with Crippen LogP contribution in [0.25, 0.3) is 0 Å². The van der Waals surface area contributed by atoms with Crippen molar-refractivity contribution in [2.24, 2.45) is 0 Å². The van der Waals surface area contributed by atoms with Gasteiger partial charge in [0, 0.05) is 19.3 Å². The van der Waals surface area contributed by atoms with Gasteiger partial charge in [0.05, 0.1) is 0 Å². The van der Waals surface area contributed by atoms with Crippen molar-refractivity contribution in [1.82, 2.24) is 0 Å². The molecule has 1 unspecified atom stereocenters. The number of ether oxygens (including phenoxy) is 3. The Morgan fingerprint density at radius 2 is 0.542 bits per heavy atom. The summed E-state index contributed by atoms with van der Waals surface area (Å²) in [7, 11) is 0. The maximum Gasteiger partial charge on any atom is 0.306 e. The average molecular weight is 996 g/mol. The molecule has 0 saturated carbocycles. The molecule has 0 heterocycles. The van der Waals surface area contributed by atoms with Crippen LogP contribution >= 0.6 is 0 Å². The van der Waals surface area contributed by atoms with Crippen LogP contribution in [0.2, 0.25) is 0 Å². The fraction of sp³-hybridized carbons (Fsp3) is 0.621. The van der Waals surface area contributed by atoms with E-state index in [0.717, 1.165) is 148 Å². The summed E-state index contributed by atoms with van der Waals surface area (Å²) in [5.74, 6) is -0.974. The molecule has 0 aromatic heterocycles. The number of esters is 3. The summed E-state index contributed by atoms with van der Waals surface area (Å²) in [6.45, 7) is 6.34. The van der Waals surface area contributed by atoms with Gasteiger partial charge in [0.1, 0.15) is 13.2 Å². The number of allylic oxidation sites excluding steroid dienone is 22. The van der Waals surface area contributed by atoms with Crippen LogP contribution in [0.1, 0.15) is 245 Å². The van der Waals surface area contributed by atoms with E-state index in [1.165, 1.54) is 57.8 Å². The van der Waals surface area contributed by atoms with Crippen LogP contribution in [-0.4, -0.2) is 37.2 Å². The predicted octanol–water partition coefficient (Wildman–Crippen LogP) is 19.8. The van der Waals surface area contributed by atoms with Gasteiger partial charge >= 0.3 is 17.9 Å².